The number of carbonyl (C=O) groups is 2. The van der Waals surface area contributed by atoms with Crippen molar-refractivity contribution in [3.8, 4) is 5.69 Å². The molecule has 182 valence electrons. The second-order valence-electron chi connectivity index (χ2n) is 8.82. The van der Waals surface area contributed by atoms with Crippen LogP contribution in [0.2, 0.25) is 5.02 Å². The van der Waals surface area contributed by atoms with E-state index in [-0.39, 0.29) is 17.7 Å². The van der Waals surface area contributed by atoms with Gasteiger partial charge in [0.1, 0.15) is 11.9 Å². The highest BCUT2D eigenvalue weighted by atomic mass is 35.5. The van der Waals surface area contributed by atoms with Gasteiger partial charge < -0.3 is 9.64 Å². The quantitative estimate of drug-likeness (QED) is 0.502. The average molecular weight is 497 g/mol. The largest absolute Gasteiger partial charge is 0.468 e. The van der Waals surface area contributed by atoms with E-state index in [0.717, 1.165) is 41.8 Å². The number of aromatic nitrogens is 2. The highest BCUT2D eigenvalue weighted by Gasteiger charge is 2.35. The summed E-state index contributed by atoms with van der Waals surface area (Å²) >= 11 is 6.02. The molecule has 2 heterocycles. The number of hydrogen-bond acceptors (Lipinski definition) is 5. The fourth-order valence-electron chi connectivity index (χ4n) is 4.99. The van der Waals surface area contributed by atoms with Crippen LogP contribution in [0.5, 0.6) is 0 Å². The minimum atomic E-state index is -0.559. The summed E-state index contributed by atoms with van der Waals surface area (Å²) in [5.74, 6) is -0.761. The first-order valence-corrected chi connectivity index (χ1v) is 12.1. The third-order valence-electron chi connectivity index (χ3n) is 6.78. The molecule has 1 aromatic heterocycles. The first kappa shape index (κ1) is 23.5. The summed E-state index contributed by atoms with van der Waals surface area (Å²) in [7, 11) is 1.38. The number of piperazine rings is 1. The van der Waals surface area contributed by atoms with Crippen molar-refractivity contribution < 1.29 is 18.7 Å². The second-order valence-corrected chi connectivity index (χ2v) is 9.26. The number of halogens is 2. The Kier molecular flexibility index (Phi) is 6.58. The van der Waals surface area contributed by atoms with E-state index in [0.29, 0.717) is 36.9 Å². The SMILES string of the molecule is COC(=O)C(c1ccc(Cl)cc1)N1CCN(C(=O)c2nn(-c3ccc(F)cc3)c3c2CCC3)CC1. The highest BCUT2D eigenvalue weighted by molar-refractivity contribution is 6.30. The van der Waals surface area contributed by atoms with Crippen LogP contribution in [0.25, 0.3) is 5.69 Å². The molecular formula is C26H26ClFN4O3. The molecule has 0 N–H and O–H groups in total. The van der Waals surface area contributed by atoms with Crippen molar-refractivity contribution in [1.82, 2.24) is 19.6 Å². The Morgan fingerprint density at radius 2 is 1.69 bits per heavy atom. The van der Waals surface area contributed by atoms with Crippen LogP contribution in [0, 0.1) is 5.82 Å². The monoisotopic (exact) mass is 496 g/mol. The Hall–Kier alpha value is -3.23. The Bertz CT molecular complexity index is 1230. The summed E-state index contributed by atoms with van der Waals surface area (Å²) in [4.78, 5) is 29.9. The molecule has 35 heavy (non-hydrogen) atoms. The van der Waals surface area contributed by atoms with Gasteiger partial charge in [0.15, 0.2) is 5.69 Å². The van der Waals surface area contributed by atoms with Gasteiger partial charge in [-0.25, -0.2) is 13.9 Å². The van der Waals surface area contributed by atoms with Crippen LogP contribution in [-0.4, -0.2) is 64.7 Å². The molecule has 1 aliphatic carbocycles. The van der Waals surface area contributed by atoms with E-state index < -0.39 is 6.04 Å². The molecule has 0 spiro atoms. The predicted octanol–water partition coefficient (Wildman–Crippen LogP) is 3.83. The number of methoxy groups -OCH3 is 1. The number of amides is 1. The van der Waals surface area contributed by atoms with Gasteiger partial charge in [0.25, 0.3) is 5.91 Å². The lowest BCUT2D eigenvalue weighted by Gasteiger charge is -2.38. The third-order valence-corrected chi connectivity index (χ3v) is 7.03. The van der Waals surface area contributed by atoms with Crippen LogP contribution in [0.4, 0.5) is 4.39 Å². The molecule has 1 fully saturated rings. The maximum absolute atomic E-state index is 13.5. The molecule has 0 saturated carbocycles. The summed E-state index contributed by atoms with van der Waals surface area (Å²) in [5, 5.41) is 5.26. The smallest absolute Gasteiger partial charge is 0.327 e. The van der Waals surface area contributed by atoms with E-state index in [9.17, 15) is 14.0 Å². The van der Waals surface area contributed by atoms with E-state index >= 15 is 0 Å². The van der Waals surface area contributed by atoms with Gasteiger partial charge in [-0.05, 0) is 61.2 Å². The summed E-state index contributed by atoms with van der Waals surface area (Å²) in [5.41, 5.74) is 4.02. The van der Waals surface area contributed by atoms with Gasteiger partial charge in [-0.2, -0.15) is 5.10 Å². The molecule has 0 radical (unpaired) electrons. The molecule has 1 aliphatic heterocycles. The first-order valence-electron chi connectivity index (χ1n) is 11.7. The van der Waals surface area contributed by atoms with Crippen molar-refractivity contribution in [2.45, 2.75) is 25.3 Å². The number of fused-ring (bicyclic) bond motifs is 1. The van der Waals surface area contributed by atoms with Gasteiger partial charge >= 0.3 is 5.97 Å². The van der Waals surface area contributed by atoms with Crippen molar-refractivity contribution in [2.24, 2.45) is 0 Å². The second kappa shape index (κ2) is 9.79. The lowest BCUT2D eigenvalue weighted by molar-refractivity contribution is -0.148. The molecule has 2 aromatic carbocycles. The van der Waals surface area contributed by atoms with Gasteiger partial charge in [0.05, 0.1) is 12.8 Å². The number of nitrogens with zero attached hydrogens (tertiary/aromatic N) is 4. The summed E-state index contributed by atoms with van der Waals surface area (Å²) in [6.07, 6.45) is 2.60. The molecule has 9 heteroatoms. The van der Waals surface area contributed by atoms with Gasteiger partial charge in [0, 0.05) is 42.5 Å². The molecule has 1 unspecified atom stereocenters. The van der Waals surface area contributed by atoms with Crippen LogP contribution in [0.3, 0.4) is 0 Å². The number of benzene rings is 2. The molecule has 7 nitrogen and oxygen atoms in total. The Morgan fingerprint density at radius 1 is 1.00 bits per heavy atom. The van der Waals surface area contributed by atoms with E-state index in [1.54, 1.807) is 33.8 Å². The minimum absolute atomic E-state index is 0.107. The maximum Gasteiger partial charge on any atom is 0.327 e. The van der Waals surface area contributed by atoms with Crippen molar-refractivity contribution in [1.29, 1.82) is 0 Å². The number of esters is 1. The molecule has 3 aromatic rings. The first-order chi connectivity index (χ1) is 17.0. The van der Waals surface area contributed by atoms with E-state index in [1.807, 2.05) is 17.0 Å². The Balaban J connectivity index is 1.34. The molecule has 5 rings (SSSR count). The standard InChI is InChI=1S/C26H26ClFN4O3/c1-35-26(34)24(17-5-7-18(27)8-6-17)30-13-15-31(16-14-30)25(33)23-21-3-2-4-22(21)32(29-23)20-11-9-19(28)10-12-20/h5-12,24H,2-4,13-16H2,1H3. The van der Waals surface area contributed by atoms with Crippen molar-refractivity contribution in [3.05, 3.63) is 81.9 Å². The van der Waals surface area contributed by atoms with Crippen molar-refractivity contribution in [3.63, 3.8) is 0 Å². The maximum atomic E-state index is 13.5. The number of carbonyl (C=O) groups excluding carboxylic acids is 2. The fraction of sp³-hybridized carbons (Fsp3) is 0.346. The summed E-state index contributed by atoms with van der Waals surface area (Å²) in [6.45, 7) is 1.99. The normalized spacial score (nSPS) is 16.7. The zero-order valence-electron chi connectivity index (χ0n) is 19.4. The van der Waals surface area contributed by atoms with Crippen LogP contribution in [0.1, 0.15) is 39.8 Å². The molecular weight excluding hydrogens is 471 g/mol. The van der Waals surface area contributed by atoms with E-state index in [1.165, 1.54) is 19.2 Å². The van der Waals surface area contributed by atoms with E-state index in [4.69, 9.17) is 16.3 Å². The van der Waals surface area contributed by atoms with Gasteiger partial charge in [-0.1, -0.05) is 23.7 Å². The fourth-order valence-corrected chi connectivity index (χ4v) is 5.12. The number of ether oxygens (including phenoxy) is 1. The summed E-state index contributed by atoms with van der Waals surface area (Å²) in [6, 6.07) is 12.8. The number of rotatable bonds is 5. The molecule has 0 bridgehead atoms. The zero-order chi connectivity index (χ0) is 24.5. The molecule has 1 saturated heterocycles. The van der Waals surface area contributed by atoms with Gasteiger partial charge in [0.2, 0.25) is 0 Å². The van der Waals surface area contributed by atoms with Crippen LogP contribution in [0.15, 0.2) is 48.5 Å². The van der Waals surface area contributed by atoms with Crippen LogP contribution >= 0.6 is 11.6 Å². The minimum Gasteiger partial charge on any atom is -0.468 e. The molecule has 1 amide bonds. The Morgan fingerprint density at radius 3 is 2.34 bits per heavy atom. The van der Waals surface area contributed by atoms with Crippen molar-refractivity contribution in [2.75, 3.05) is 33.3 Å². The lowest BCUT2D eigenvalue weighted by Crippen LogP contribution is -2.51. The van der Waals surface area contributed by atoms with E-state index in [2.05, 4.69) is 5.10 Å². The Labute approximate surface area is 208 Å². The van der Waals surface area contributed by atoms with Crippen molar-refractivity contribution >= 4 is 23.5 Å². The molecule has 1 atom stereocenters. The van der Waals surface area contributed by atoms with Gasteiger partial charge in [-0.3, -0.25) is 9.69 Å². The van der Waals surface area contributed by atoms with Crippen LogP contribution < -0.4 is 0 Å². The van der Waals surface area contributed by atoms with Crippen LogP contribution in [-0.2, 0) is 22.4 Å². The number of hydrogen-bond donors (Lipinski definition) is 0. The zero-order valence-corrected chi connectivity index (χ0v) is 20.2. The predicted molar refractivity (Wildman–Crippen MR) is 129 cm³/mol. The topological polar surface area (TPSA) is 67.7 Å². The average Bonchev–Trinajstić information content (AvgIpc) is 3.49. The molecule has 2 aliphatic rings. The van der Waals surface area contributed by atoms with Gasteiger partial charge in [-0.15, -0.1) is 0 Å². The third kappa shape index (κ3) is 4.56. The summed E-state index contributed by atoms with van der Waals surface area (Å²) < 4.78 is 20.3. The lowest BCUT2D eigenvalue weighted by atomic mass is 10.0. The highest BCUT2D eigenvalue weighted by Crippen LogP contribution is 2.30.